The number of amides is 2. The molecule has 0 atom stereocenters. The third kappa shape index (κ3) is 5.42. The van der Waals surface area contributed by atoms with Crippen LogP contribution < -0.4 is 10.6 Å². The molecule has 2 amide bonds. The first-order valence-corrected chi connectivity index (χ1v) is 7.85. The Morgan fingerprint density at radius 3 is 2.39 bits per heavy atom. The van der Waals surface area contributed by atoms with Gasteiger partial charge in [-0.3, -0.25) is 9.59 Å². The van der Waals surface area contributed by atoms with Crippen LogP contribution in [0, 0.1) is 0 Å². The van der Waals surface area contributed by atoms with E-state index in [0.717, 1.165) is 23.2 Å². The van der Waals surface area contributed by atoms with Crippen molar-refractivity contribution >= 4 is 29.1 Å². The van der Waals surface area contributed by atoms with Gasteiger partial charge in [0.25, 0.3) is 0 Å². The van der Waals surface area contributed by atoms with Crippen molar-refractivity contribution in [3.63, 3.8) is 0 Å². The second-order valence-corrected chi connectivity index (χ2v) is 5.58. The summed E-state index contributed by atoms with van der Waals surface area (Å²) in [6.07, 6.45) is 0.616. The summed E-state index contributed by atoms with van der Waals surface area (Å²) in [7, 11) is 0. The average molecular weight is 331 g/mol. The van der Waals surface area contributed by atoms with Crippen molar-refractivity contribution in [2.45, 2.75) is 26.3 Å². The summed E-state index contributed by atoms with van der Waals surface area (Å²) in [6, 6.07) is 14.8. The van der Waals surface area contributed by atoms with Gasteiger partial charge in [-0.15, -0.1) is 0 Å². The summed E-state index contributed by atoms with van der Waals surface area (Å²) in [5, 5.41) is 6.15. The topological polar surface area (TPSA) is 58.2 Å². The molecule has 0 spiro atoms. The van der Waals surface area contributed by atoms with Gasteiger partial charge >= 0.3 is 0 Å². The smallest absolute Gasteiger partial charge is 0.233 e. The highest BCUT2D eigenvalue weighted by molar-refractivity contribution is 6.30. The van der Waals surface area contributed by atoms with E-state index in [4.69, 9.17) is 11.6 Å². The number of nitrogens with one attached hydrogen (secondary N) is 2. The van der Waals surface area contributed by atoms with E-state index in [-0.39, 0.29) is 18.2 Å². The Bertz CT molecular complexity index is 684. The molecular formula is C18H19ClN2O2. The molecule has 0 aliphatic carbocycles. The van der Waals surface area contributed by atoms with Crippen molar-refractivity contribution in [3.8, 4) is 0 Å². The van der Waals surface area contributed by atoms with E-state index < -0.39 is 0 Å². The van der Waals surface area contributed by atoms with Crippen LogP contribution in [0.2, 0.25) is 5.02 Å². The molecule has 0 aliphatic rings. The molecule has 0 aromatic heterocycles. The van der Waals surface area contributed by atoms with Crippen LogP contribution in [0.5, 0.6) is 0 Å². The maximum atomic E-state index is 12.0. The van der Waals surface area contributed by atoms with Crippen molar-refractivity contribution in [1.29, 1.82) is 0 Å². The number of carbonyl (C=O) groups excluding carboxylic acids is 2. The van der Waals surface area contributed by atoms with Gasteiger partial charge in [0.05, 0.1) is 0 Å². The first-order valence-electron chi connectivity index (χ1n) is 7.47. The van der Waals surface area contributed by atoms with E-state index in [1.807, 2.05) is 43.3 Å². The lowest BCUT2D eigenvalue weighted by atomic mass is 10.1. The number of rotatable bonds is 6. The maximum absolute atomic E-state index is 12.0. The lowest BCUT2D eigenvalue weighted by molar-refractivity contribution is -0.126. The van der Waals surface area contributed by atoms with Crippen LogP contribution in [-0.4, -0.2) is 11.8 Å². The molecule has 2 aromatic carbocycles. The maximum Gasteiger partial charge on any atom is 0.233 e. The molecule has 23 heavy (non-hydrogen) atoms. The SMILES string of the molecule is CCc1ccccc1NC(=O)CC(=O)NCc1ccc(Cl)cc1. The summed E-state index contributed by atoms with van der Waals surface area (Å²) >= 11 is 5.80. The fourth-order valence-electron chi connectivity index (χ4n) is 2.16. The number of carbonyl (C=O) groups is 2. The Morgan fingerprint density at radius 2 is 1.70 bits per heavy atom. The number of anilines is 1. The Kier molecular flexibility index (Phi) is 6.18. The third-order valence-corrected chi connectivity index (χ3v) is 3.65. The van der Waals surface area contributed by atoms with Gasteiger partial charge in [0.15, 0.2) is 0 Å². The molecule has 2 N–H and O–H groups in total. The second-order valence-electron chi connectivity index (χ2n) is 5.14. The monoisotopic (exact) mass is 330 g/mol. The molecule has 0 heterocycles. The molecule has 5 heteroatoms. The summed E-state index contributed by atoms with van der Waals surface area (Å²) < 4.78 is 0. The summed E-state index contributed by atoms with van der Waals surface area (Å²) in [6.45, 7) is 2.39. The van der Waals surface area contributed by atoms with Crippen molar-refractivity contribution in [2.75, 3.05) is 5.32 Å². The van der Waals surface area contributed by atoms with Crippen LogP contribution in [0.15, 0.2) is 48.5 Å². The Balaban J connectivity index is 1.82. The molecule has 0 saturated carbocycles. The van der Waals surface area contributed by atoms with Gasteiger partial charge in [-0.25, -0.2) is 0 Å². The van der Waals surface area contributed by atoms with Gasteiger partial charge in [-0.05, 0) is 35.7 Å². The number of halogens is 1. The lowest BCUT2D eigenvalue weighted by Crippen LogP contribution is -2.27. The predicted octanol–water partition coefficient (Wildman–Crippen LogP) is 3.55. The fraction of sp³-hybridized carbons (Fsp3) is 0.222. The van der Waals surface area contributed by atoms with Gasteiger partial charge in [0, 0.05) is 17.3 Å². The van der Waals surface area contributed by atoms with E-state index in [0.29, 0.717) is 11.6 Å². The lowest BCUT2D eigenvalue weighted by Gasteiger charge is -2.10. The zero-order valence-corrected chi connectivity index (χ0v) is 13.7. The number of aryl methyl sites for hydroxylation is 1. The Morgan fingerprint density at radius 1 is 1.00 bits per heavy atom. The number of benzene rings is 2. The van der Waals surface area contributed by atoms with E-state index in [9.17, 15) is 9.59 Å². The molecule has 2 aromatic rings. The molecule has 0 bridgehead atoms. The average Bonchev–Trinajstić information content (AvgIpc) is 2.54. The molecule has 0 radical (unpaired) electrons. The first kappa shape index (κ1) is 17.0. The van der Waals surface area contributed by atoms with Gasteiger partial charge in [0.1, 0.15) is 6.42 Å². The van der Waals surface area contributed by atoms with Crippen molar-refractivity contribution in [3.05, 3.63) is 64.7 Å². The van der Waals surface area contributed by atoms with Crippen LogP contribution in [0.3, 0.4) is 0 Å². The number of hydrogen-bond acceptors (Lipinski definition) is 2. The molecule has 0 fully saturated rings. The van der Waals surface area contributed by atoms with Gasteiger partial charge in [-0.2, -0.15) is 0 Å². The van der Waals surface area contributed by atoms with Crippen LogP contribution in [0.1, 0.15) is 24.5 Å². The minimum atomic E-state index is -0.320. The molecule has 120 valence electrons. The normalized spacial score (nSPS) is 10.2. The molecule has 0 unspecified atom stereocenters. The van der Waals surface area contributed by atoms with Crippen molar-refractivity contribution in [1.82, 2.24) is 5.32 Å². The Labute approximate surface area is 140 Å². The highest BCUT2D eigenvalue weighted by Gasteiger charge is 2.10. The van der Waals surface area contributed by atoms with Crippen LogP contribution in [0.25, 0.3) is 0 Å². The predicted molar refractivity (Wildman–Crippen MR) is 92.4 cm³/mol. The van der Waals surface area contributed by atoms with E-state index in [2.05, 4.69) is 10.6 Å². The fourth-order valence-corrected chi connectivity index (χ4v) is 2.28. The molecule has 0 aliphatic heterocycles. The van der Waals surface area contributed by atoms with Gasteiger partial charge in [0.2, 0.25) is 11.8 Å². The van der Waals surface area contributed by atoms with Gasteiger partial charge in [-0.1, -0.05) is 48.9 Å². The molecule has 0 saturated heterocycles. The van der Waals surface area contributed by atoms with Gasteiger partial charge < -0.3 is 10.6 Å². The van der Waals surface area contributed by atoms with E-state index >= 15 is 0 Å². The zero-order chi connectivity index (χ0) is 16.7. The minimum Gasteiger partial charge on any atom is -0.352 e. The second kappa shape index (κ2) is 8.34. The molecular weight excluding hydrogens is 312 g/mol. The van der Waals surface area contributed by atoms with Crippen molar-refractivity contribution in [2.24, 2.45) is 0 Å². The third-order valence-electron chi connectivity index (χ3n) is 3.40. The largest absolute Gasteiger partial charge is 0.352 e. The summed E-state index contributed by atoms with van der Waals surface area (Å²) in [4.78, 5) is 23.8. The van der Waals surface area contributed by atoms with Crippen LogP contribution in [-0.2, 0) is 22.6 Å². The van der Waals surface area contributed by atoms with E-state index in [1.165, 1.54) is 0 Å². The van der Waals surface area contributed by atoms with Crippen molar-refractivity contribution < 1.29 is 9.59 Å². The Hall–Kier alpha value is -2.33. The number of para-hydroxylation sites is 1. The van der Waals surface area contributed by atoms with E-state index in [1.54, 1.807) is 12.1 Å². The van der Waals surface area contributed by atoms with Crippen LogP contribution in [0.4, 0.5) is 5.69 Å². The zero-order valence-electron chi connectivity index (χ0n) is 12.9. The standard InChI is InChI=1S/C18H19ClN2O2/c1-2-14-5-3-4-6-16(14)21-18(23)11-17(22)20-12-13-7-9-15(19)10-8-13/h3-10H,2,11-12H2,1H3,(H,20,22)(H,21,23). The first-order chi connectivity index (χ1) is 11.1. The van der Waals surface area contributed by atoms with Crippen LogP contribution >= 0.6 is 11.6 Å². The minimum absolute atomic E-state index is 0.203. The quantitative estimate of drug-likeness (QED) is 0.796. The summed E-state index contributed by atoms with van der Waals surface area (Å²) in [5.74, 6) is -0.633. The highest BCUT2D eigenvalue weighted by Crippen LogP contribution is 2.15. The molecule has 4 nitrogen and oxygen atoms in total. The summed E-state index contributed by atoms with van der Waals surface area (Å²) in [5.41, 5.74) is 2.73. The highest BCUT2D eigenvalue weighted by atomic mass is 35.5. The molecule has 2 rings (SSSR count). The number of hydrogen-bond donors (Lipinski definition) is 2.